The third-order valence-corrected chi connectivity index (χ3v) is 4.35. The second-order valence-corrected chi connectivity index (χ2v) is 6.09. The maximum absolute atomic E-state index is 5.03. The van der Waals surface area contributed by atoms with Crippen molar-refractivity contribution in [3.8, 4) is 0 Å². The molecule has 0 aromatic carbocycles. The fourth-order valence-corrected chi connectivity index (χ4v) is 2.93. The smallest absolute Gasteiger partial charge is 0.113 e. The first-order chi connectivity index (χ1) is 9.61. The Balaban J connectivity index is 2.05. The Kier molecular flexibility index (Phi) is 5.28. The number of aryl methyl sites for hydroxylation is 3. The van der Waals surface area contributed by atoms with E-state index in [0.717, 1.165) is 42.8 Å². The van der Waals surface area contributed by atoms with Gasteiger partial charge in [-0.15, -0.1) is 11.3 Å². The van der Waals surface area contributed by atoms with Gasteiger partial charge in [0.05, 0.1) is 24.5 Å². The zero-order chi connectivity index (χ0) is 14.5. The van der Waals surface area contributed by atoms with Gasteiger partial charge >= 0.3 is 0 Å². The zero-order valence-electron chi connectivity index (χ0n) is 12.6. The molecule has 0 fully saturated rings. The highest BCUT2D eigenvalue weighted by atomic mass is 32.1. The van der Waals surface area contributed by atoms with Crippen molar-refractivity contribution in [2.75, 3.05) is 20.3 Å². The number of nitrogens with one attached hydrogen (secondary N) is 1. The largest absolute Gasteiger partial charge is 0.383 e. The average molecular weight is 294 g/mol. The summed E-state index contributed by atoms with van der Waals surface area (Å²) in [7, 11) is 1.71. The van der Waals surface area contributed by atoms with E-state index in [2.05, 4.69) is 33.7 Å². The normalized spacial score (nSPS) is 11.2. The molecule has 0 aliphatic rings. The van der Waals surface area contributed by atoms with Crippen LogP contribution in [0.1, 0.15) is 27.1 Å². The lowest BCUT2D eigenvalue weighted by Crippen LogP contribution is -2.21. The van der Waals surface area contributed by atoms with Crippen LogP contribution in [0.3, 0.4) is 0 Å². The topological polar surface area (TPSA) is 52.0 Å². The predicted octanol–water partition coefficient (Wildman–Crippen LogP) is 2.05. The molecule has 20 heavy (non-hydrogen) atoms. The quantitative estimate of drug-likeness (QED) is 0.794. The van der Waals surface area contributed by atoms with E-state index in [9.17, 15) is 0 Å². The van der Waals surface area contributed by atoms with Gasteiger partial charge in [-0.3, -0.25) is 0 Å². The van der Waals surface area contributed by atoms with Crippen LogP contribution in [0.4, 0.5) is 0 Å². The SMILES string of the molecule is COCCNCc1cnc(C)n1Cc1nc(C)c(C)s1. The lowest BCUT2D eigenvalue weighted by atomic mass is 10.4. The molecule has 2 rings (SSSR count). The molecule has 2 heterocycles. The molecule has 0 aliphatic heterocycles. The van der Waals surface area contributed by atoms with Crippen molar-refractivity contribution in [1.82, 2.24) is 19.9 Å². The average Bonchev–Trinajstić information content (AvgIpc) is 2.91. The molecule has 0 bridgehead atoms. The molecule has 2 aromatic rings. The fourth-order valence-electron chi connectivity index (χ4n) is 2.00. The van der Waals surface area contributed by atoms with E-state index in [1.165, 1.54) is 10.6 Å². The summed E-state index contributed by atoms with van der Waals surface area (Å²) in [6.45, 7) is 9.37. The summed E-state index contributed by atoms with van der Waals surface area (Å²) in [4.78, 5) is 10.3. The van der Waals surface area contributed by atoms with Gasteiger partial charge in [0.1, 0.15) is 10.8 Å². The van der Waals surface area contributed by atoms with Crippen LogP contribution in [0, 0.1) is 20.8 Å². The highest BCUT2D eigenvalue weighted by molar-refractivity contribution is 7.11. The number of aromatic nitrogens is 3. The molecule has 0 radical (unpaired) electrons. The van der Waals surface area contributed by atoms with Crippen LogP contribution in [0.2, 0.25) is 0 Å². The van der Waals surface area contributed by atoms with E-state index < -0.39 is 0 Å². The van der Waals surface area contributed by atoms with Crippen molar-refractivity contribution in [2.45, 2.75) is 33.9 Å². The number of hydrogen-bond donors (Lipinski definition) is 1. The Morgan fingerprint density at radius 3 is 2.80 bits per heavy atom. The van der Waals surface area contributed by atoms with E-state index in [-0.39, 0.29) is 0 Å². The van der Waals surface area contributed by atoms with Gasteiger partial charge in [0.25, 0.3) is 0 Å². The van der Waals surface area contributed by atoms with Gasteiger partial charge in [-0.1, -0.05) is 0 Å². The number of hydrogen-bond acceptors (Lipinski definition) is 5. The molecule has 0 amide bonds. The molecule has 6 heteroatoms. The van der Waals surface area contributed by atoms with Crippen LogP contribution in [0.5, 0.6) is 0 Å². The molecule has 2 aromatic heterocycles. The molecule has 0 saturated heterocycles. The highest BCUT2D eigenvalue weighted by Gasteiger charge is 2.10. The highest BCUT2D eigenvalue weighted by Crippen LogP contribution is 2.18. The summed E-state index contributed by atoms with van der Waals surface area (Å²) in [6, 6.07) is 0. The summed E-state index contributed by atoms with van der Waals surface area (Å²) in [5, 5.41) is 4.49. The van der Waals surface area contributed by atoms with Crippen LogP contribution in [0.25, 0.3) is 0 Å². The first-order valence-electron chi connectivity index (χ1n) is 6.75. The summed E-state index contributed by atoms with van der Waals surface area (Å²) in [5.74, 6) is 1.03. The second-order valence-electron chi connectivity index (χ2n) is 4.80. The van der Waals surface area contributed by atoms with Crippen LogP contribution in [0.15, 0.2) is 6.20 Å². The summed E-state index contributed by atoms with van der Waals surface area (Å²) < 4.78 is 7.25. The number of ether oxygens (including phenoxy) is 1. The molecule has 5 nitrogen and oxygen atoms in total. The van der Waals surface area contributed by atoms with Gasteiger partial charge in [0, 0.05) is 31.3 Å². The van der Waals surface area contributed by atoms with E-state index >= 15 is 0 Å². The predicted molar refractivity (Wildman–Crippen MR) is 81.2 cm³/mol. The molecule has 0 unspecified atom stereocenters. The standard InChI is InChI=1S/C14H22N4OS/c1-10-11(2)20-14(17-10)9-18-12(3)16-8-13(18)7-15-5-6-19-4/h8,15H,5-7,9H2,1-4H3. The van der Waals surface area contributed by atoms with Gasteiger partial charge in [-0.25, -0.2) is 9.97 Å². The zero-order valence-corrected chi connectivity index (χ0v) is 13.4. The van der Waals surface area contributed by atoms with Gasteiger partial charge in [-0.2, -0.15) is 0 Å². The number of methoxy groups -OCH3 is 1. The molecule has 0 atom stereocenters. The minimum absolute atomic E-state index is 0.720. The maximum Gasteiger partial charge on any atom is 0.113 e. The third-order valence-electron chi connectivity index (χ3n) is 3.29. The van der Waals surface area contributed by atoms with E-state index in [1.807, 2.05) is 13.1 Å². The Labute approximate surface area is 124 Å². The molecule has 1 N–H and O–H groups in total. The summed E-state index contributed by atoms with van der Waals surface area (Å²) >= 11 is 1.76. The summed E-state index contributed by atoms with van der Waals surface area (Å²) in [5.41, 5.74) is 2.31. The number of thiazole rings is 1. The Morgan fingerprint density at radius 1 is 1.35 bits per heavy atom. The van der Waals surface area contributed by atoms with Gasteiger partial charge in [0.15, 0.2) is 0 Å². The molecular weight excluding hydrogens is 272 g/mol. The molecular formula is C14H22N4OS. The van der Waals surface area contributed by atoms with E-state index in [0.29, 0.717) is 0 Å². The molecule has 0 spiro atoms. The van der Waals surface area contributed by atoms with Crippen molar-refractivity contribution < 1.29 is 4.74 Å². The van der Waals surface area contributed by atoms with Crippen LogP contribution in [-0.2, 0) is 17.8 Å². The number of imidazole rings is 1. The Hall–Kier alpha value is -1.24. The molecule has 0 aliphatic carbocycles. The first kappa shape index (κ1) is 15.2. The van der Waals surface area contributed by atoms with E-state index in [4.69, 9.17) is 4.74 Å². The minimum Gasteiger partial charge on any atom is -0.383 e. The number of nitrogens with zero attached hydrogens (tertiary/aromatic N) is 3. The van der Waals surface area contributed by atoms with Crippen LogP contribution >= 0.6 is 11.3 Å². The van der Waals surface area contributed by atoms with Crippen molar-refractivity contribution in [3.63, 3.8) is 0 Å². The van der Waals surface area contributed by atoms with Crippen molar-refractivity contribution in [1.29, 1.82) is 0 Å². The Morgan fingerprint density at radius 2 is 2.15 bits per heavy atom. The van der Waals surface area contributed by atoms with Gasteiger partial charge < -0.3 is 14.6 Å². The van der Waals surface area contributed by atoms with Gasteiger partial charge in [-0.05, 0) is 20.8 Å². The molecule has 0 saturated carbocycles. The van der Waals surface area contributed by atoms with Crippen molar-refractivity contribution in [3.05, 3.63) is 33.3 Å². The number of rotatable bonds is 7. The molecule has 110 valence electrons. The van der Waals surface area contributed by atoms with Gasteiger partial charge in [0.2, 0.25) is 0 Å². The third kappa shape index (κ3) is 3.65. The Bertz CT molecular complexity index is 542. The van der Waals surface area contributed by atoms with E-state index in [1.54, 1.807) is 18.4 Å². The fraction of sp³-hybridized carbons (Fsp3) is 0.571. The van der Waals surface area contributed by atoms with Crippen LogP contribution < -0.4 is 5.32 Å². The summed E-state index contributed by atoms with van der Waals surface area (Å²) in [6.07, 6.45) is 1.93. The van der Waals surface area contributed by atoms with Crippen molar-refractivity contribution in [2.24, 2.45) is 0 Å². The van der Waals surface area contributed by atoms with Crippen LogP contribution in [-0.4, -0.2) is 34.8 Å². The monoisotopic (exact) mass is 294 g/mol. The van der Waals surface area contributed by atoms with Crippen molar-refractivity contribution >= 4 is 11.3 Å². The minimum atomic E-state index is 0.720. The lowest BCUT2D eigenvalue weighted by Gasteiger charge is -2.09. The first-order valence-corrected chi connectivity index (χ1v) is 7.57. The second kappa shape index (κ2) is 6.97. The maximum atomic E-state index is 5.03. The lowest BCUT2D eigenvalue weighted by molar-refractivity contribution is 0.199.